The third-order valence-corrected chi connectivity index (χ3v) is 5.90. The molecule has 2 aromatic rings. The number of likely N-dealkylation sites (N-methyl/N-ethyl adjacent to an activating group) is 1. The summed E-state index contributed by atoms with van der Waals surface area (Å²) in [6.45, 7) is 0. The topological polar surface area (TPSA) is 23.5 Å². The van der Waals surface area contributed by atoms with Crippen LogP contribution in [-0.2, 0) is 0 Å². The van der Waals surface area contributed by atoms with Gasteiger partial charge in [-0.3, -0.25) is 0 Å². The number of thiophene rings is 1. The van der Waals surface area contributed by atoms with Crippen LogP contribution in [0.2, 0.25) is 0 Å². The highest BCUT2D eigenvalue weighted by molar-refractivity contribution is 7.17. The Labute approximate surface area is 125 Å². The van der Waals surface area contributed by atoms with Gasteiger partial charge in [0.05, 0.1) is 11.6 Å². The van der Waals surface area contributed by atoms with Crippen LogP contribution in [0.4, 0.5) is 0 Å². The van der Waals surface area contributed by atoms with Gasteiger partial charge in [0.2, 0.25) is 0 Å². The number of benzene rings is 1. The lowest BCUT2D eigenvalue weighted by atomic mass is 9.74. The Bertz CT molecular complexity index is 583. The van der Waals surface area contributed by atoms with E-state index in [1.54, 1.807) is 11.3 Å². The van der Waals surface area contributed by atoms with Gasteiger partial charge in [0.15, 0.2) is 0 Å². The Morgan fingerprint density at radius 1 is 1.15 bits per heavy atom. The molecule has 3 rings (SSSR count). The van der Waals surface area contributed by atoms with Crippen molar-refractivity contribution < 1.29 is 5.11 Å². The Morgan fingerprint density at radius 2 is 1.90 bits per heavy atom. The predicted octanol–water partition coefficient (Wildman–Crippen LogP) is 4.20. The molecule has 0 spiro atoms. The molecule has 1 N–H and O–H groups in total. The summed E-state index contributed by atoms with van der Waals surface area (Å²) < 4.78 is 1.24. The molecule has 1 aromatic carbocycles. The fraction of sp³-hybridized carbons (Fsp3) is 0.529. The van der Waals surface area contributed by atoms with Gasteiger partial charge in [0, 0.05) is 10.3 Å². The van der Waals surface area contributed by atoms with Crippen molar-refractivity contribution in [1.29, 1.82) is 0 Å². The second-order valence-corrected chi connectivity index (χ2v) is 7.06. The third kappa shape index (κ3) is 2.18. The summed E-state index contributed by atoms with van der Waals surface area (Å²) in [4.78, 5) is 2.25. The van der Waals surface area contributed by atoms with Gasteiger partial charge in [-0.2, -0.15) is 0 Å². The lowest BCUT2D eigenvalue weighted by Gasteiger charge is -2.46. The molecule has 1 aromatic heterocycles. The number of nitrogens with zero attached hydrogens (tertiary/aromatic N) is 1. The Morgan fingerprint density at radius 3 is 2.60 bits per heavy atom. The molecule has 1 saturated carbocycles. The van der Waals surface area contributed by atoms with Crippen LogP contribution in [0, 0.1) is 0 Å². The molecule has 0 saturated heterocycles. The van der Waals surface area contributed by atoms with Crippen molar-refractivity contribution in [3.63, 3.8) is 0 Å². The second-order valence-electron chi connectivity index (χ2n) is 6.15. The van der Waals surface area contributed by atoms with Crippen LogP contribution >= 0.6 is 11.3 Å². The molecule has 20 heavy (non-hydrogen) atoms. The molecule has 0 bridgehead atoms. The van der Waals surface area contributed by atoms with E-state index in [4.69, 9.17) is 0 Å². The van der Waals surface area contributed by atoms with Crippen LogP contribution in [0.1, 0.15) is 43.8 Å². The van der Waals surface area contributed by atoms with Crippen LogP contribution in [-0.4, -0.2) is 29.6 Å². The maximum atomic E-state index is 11.1. The zero-order chi connectivity index (χ0) is 14.2. The molecule has 1 heterocycles. The minimum absolute atomic E-state index is 0.101. The molecule has 3 heteroatoms. The van der Waals surface area contributed by atoms with E-state index < -0.39 is 6.10 Å². The maximum Gasteiger partial charge on any atom is 0.0987 e. The van der Waals surface area contributed by atoms with E-state index >= 15 is 0 Å². The minimum Gasteiger partial charge on any atom is -0.386 e. The first kappa shape index (κ1) is 14.1. The zero-order valence-corrected chi connectivity index (χ0v) is 13.1. The second kappa shape index (κ2) is 5.47. The number of hydrogen-bond donors (Lipinski definition) is 1. The highest BCUT2D eigenvalue weighted by Crippen LogP contribution is 2.44. The summed E-state index contributed by atoms with van der Waals surface area (Å²) in [5.74, 6) is 0. The van der Waals surface area contributed by atoms with Crippen LogP contribution in [0.3, 0.4) is 0 Å². The number of hydrogen-bond acceptors (Lipinski definition) is 3. The molecular weight excluding hydrogens is 266 g/mol. The minimum atomic E-state index is -0.403. The standard InChI is InChI=1S/C17H23NOS/c1-18(2)17(10-4-3-5-11-17)16(19)14-8-6-7-13-9-12-20-15(13)14/h6-9,12,16,19H,3-5,10-11H2,1-2H3. The first-order valence-electron chi connectivity index (χ1n) is 7.47. The van der Waals surface area contributed by atoms with Crippen molar-refractivity contribution in [2.45, 2.75) is 43.7 Å². The van der Waals surface area contributed by atoms with Gasteiger partial charge in [-0.15, -0.1) is 11.3 Å². The van der Waals surface area contributed by atoms with E-state index in [2.05, 4.69) is 48.6 Å². The van der Waals surface area contributed by atoms with Crippen LogP contribution in [0.25, 0.3) is 10.1 Å². The van der Waals surface area contributed by atoms with Crippen molar-refractivity contribution >= 4 is 21.4 Å². The van der Waals surface area contributed by atoms with E-state index in [1.807, 2.05) is 0 Å². The summed E-state index contributed by atoms with van der Waals surface area (Å²) in [5, 5.41) is 14.5. The normalized spacial score (nSPS) is 20.4. The highest BCUT2D eigenvalue weighted by atomic mass is 32.1. The molecule has 108 valence electrons. The van der Waals surface area contributed by atoms with Gasteiger partial charge in [-0.05, 0) is 43.8 Å². The van der Waals surface area contributed by atoms with E-state index in [1.165, 1.54) is 29.3 Å². The number of aliphatic hydroxyl groups is 1. The summed E-state index contributed by atoms with van der Waals surface area (Å²) in [6, 6.07) is 8.44. The monoisotopic (exact) mass is 289 g/mol. The van der Waals surface area contributed by atoms with E-state index in [0.29, 0.717) is 0 Å². The van der Waals surface area contributed by atoms with Gasteiger partial charge in [-0.1, -0.05) is 37.5 Å². The molecule has 2 nitrogen and oxygen atoms in total. The van der Waals surface area contributed by atoms with Gasteiger partial charge in [0.25, 0.3) is 0 Å². The summed E-state index contributed by atoms with van der Waals surface area (Å²) in [5.41, 5.74) is 1.00. The quantitative estimate of drug-likeness (QED) is 0.915. The van der Waals surface area contributed by atoms with Crippen molar-refractivity contribution in [2.75, 3.05) is 14.1 Å². The molecule has 1 aliphatic rings. The Kier molecular flexibility index (Phi) is 3.85. The highest BCUT2D eigenvalue weighted by Gasteiger charge is 2.42. The number of rotatable bonds is 3. The fourth-order valence-electron chi connectivity index (χ4n) is 3.65. The summed E-state index contributed by atoms with van der Waals surface area (Å²) in [6.07, 6.45) is 5.50. The molecule has 1 atom stereocenters. The number of aliphatic hydroxyl groups excluding tert-OH is 1. The van der Waals surface area contributed by atoms with Crippen LogP contribution in [0.5, 0.6) is 0 Å². The Hall–Kier alpha value is -0.900. The molecule has 1 fully saturated rings. The molecular formula is C17H23NOS. The van der Waals surface area contributed by atoms with E-state index in [0.717, 1.165) is 18.4 Å². The van der Waals surface area contributed by atoms with E-state index in [9.17, 15) is 5.11 Å². The summed E-state index contributed by atoms with van der Waals surface area (Å²) >= 11 is 1.74. The van der Waals surface area contributed by atoms with Crippen LogP contribution < -0.4 is 0 Å². The fourth-order valence-corrected chi connectivity index (χ4v) is 4.59. The third-order valence-electron chi connectivity index (χ3n) is 4.92. The average Bonchev–Trinajstić information content (AvgIpc) is 2.95. The molecule has 1 unspecified atom stereocenters. The molecule has 0 radical (unpaired) electrons. The lowest BCUT2D eigenvalue weighted by Crippen LogP contribution is -2.50. The van der Waals surface area contributed by atoms with Crippen molar-refractivity contribution in [2.24, 2.45) is 0 Å². The van der Waals surface area contributed by atoms with E-state index in [-0.39, 0.29) is 5.54 Å². The first-order chi connectivity index (χ1) is 9.65. The van der Waals surface area contributed by atoms with Gasteiger partial charge in [0.1, 0.15) is 0 Å². The average molecular weight is 289 g/mol. The Balaban J connectivity index is 2.05. The van der Waals surface area contributed by atoms with Crippen molar-refractivity contribution in [3.8, 4) is 0 Å². The number of fused-ring (bicyclic) bond motifs is 1. The largest absolute Gasteiger partial charge is 0.386 e. The zero-order valence-electron chi connectivity index (χ0n) is 12.3. The van der Waals surface area contributed by atoms with Gasteiger partial charge >= 0.3 is 0 Å². The summed E-state index contributed by atoms with van der Waals surface area (Å²) in [7, 11) is 4.23. The molecule has 1 aliphatic carbocycles. The molecule has 0 amide bonds. The van der Waals surface area contributed by atoms with Crippen molar-refractivity contribution in [1.82, 2.24) is 4.90 Å². The first-order valence-corrected chi connectivity index (χ1v) is 8.35. The maximum absolute atomic E-state index is 11.1. The lowest BCUT2D eigenvalue weighted by molar-refractivity contribution is -0.0327. The van der Waals surface area contributed by atoms with Crippen LogP contribution in [0.15, 0.2) is 29.6 Å². The SMILES string of the molecule is CN(C)C1(C(O)c2cccc3ccsc23)CCCCC1. The van der Waals surface area contributed by atoms with Crippen molar-refractivity contribution in [3.05, 3.63) is 35.2 Å². The van der Waals surface area contributed by atoms with Gasteiger partial charge < -0.3 is 10.0 Å². The smallest absolute Gasteiger partial charge is 0.0987 e. The van der Waals surface area contributed by atoms with Gasteiger partial charge in [-0.25, -0.2) is 0 Å². The molecule has 0 aliphatic heterocycles. The predicted molar refractivity (Wildman–Crippen MR) is 86.3 cm³/mol.